The van der Waals surface area contributed by atoms with Crippen molar-refractivity contribution in [1.29, 1.82) is 0 Å². The maximum Gasteiger partial charge on any atom is 0.249 e. The SMILES string of the molecule is CCCCCCCCCCC/C=C\C/C=C\CCCCCCCCCCCCCCC(O)C(=O)NC(COC1OC(CO)C(O)C(O)C1O)C(O)C(O)CCC/C=C/CCCCCCCCCCCCCCCCCCCCC. The lowest BCUT2D eigenvalue weighted by atomic mass is 9.98. The summed E-state index contributed by atoms with van der Waals surface area (Å²) in [5.41, 5.74) is 0. The Morgan fingerprint density at radius 3 is 1.16 bits per heavy atom. The topological polar surface area (TPSA) is 189 Å². The molecular weight excluding hydrogens is 991 g/mol. The first-order valence-electron chi connectivity index (χ1n) is 33.9. The molecule has 466 valence electrons. The fraction of sp³-hybridized carbons (Fsp3) is 0.897. The Morgan fingerprint density at radius 2 is 0.785 bits per heavy atom. The van der Waals surface area contributed by atoms with Crippen molar-refractivity contribution in [1.82, 2.24) is 5.32 Å². The van der Waals surface area contributed by atoms with E-state index in [-0.39, 0.29) is 12.8 Å². The summed E-state index contributed by atoms with van der Waals surface area (Å²) in [6, 6.07) is -1.19. The molecule has 1 aliphatic heterocycles. The number of carbonyl (C=O) groups excluding carboxylic acids is 1. The van der Waals surface area contributed by atoms with Crippen molar-refractivity contribution in [3.05, 3.63) is 36.5 Å². The van der Waals surface area contributed by atoms with Crippen LogP contribution in [0, 0.1) is 0 Å². The molecule has 79 heavy (non-hydrogen) atoms. The van der Waals surface area contributed by atoms with Gasteiger partial charge in [0.2, 0.25) is 5.91 Å². The smallest absolute Gasteiger partial charge is 0.249 e. The number of amides is 1. The van der Waals surface area contributed by atoms with Crippen LogP contribution in [0.25, 0.3) is 0 Å². The van der Waals surface area contributed by atoms with Gasteiger partial charge < -0.3 is 50.5 Å². The second kappa shape index (κ2) is 56.8. The number of ether oxygens (including phenoxy) is 2. The minimum absolute atomic E-state index is 0.253. The molecule has 0 spiro atoms. The Balaban J connectivity index is 2.24. The first-order chi connectivity index (χ1) is 38.7. The summed E-state index contributed by atoms with van der Waals surface area (Å²) >= 11 is 0. The van der Waals surface area contributed by atoms with Crippen LogP contribution in [-0.2, 0) is 14.3 Å². The number of rotatable bonds is 59. The average Bonchev–Trinajstić information content (AvgIpc) is 3.46. The predicted molar refractivity (Wildman–Crippen MR) is 330 cm³/mol. The van der Waals surface area contributed by atoms with Crippen LogP contribution in [0.5, 0.6) is 0 Å². The third kappa shape index (κ3) is 44.5. The lowest BCUT2D eigenvalue weighted by molar-refractivity contribution is -0.303. The molecule has 1 rings (SSSR count). The van der Waals surface area contributed by atoms with Crippen LogP contribution in [-0.4, -0.2) is 110 Å². The van der Waals surface area contributed by atoms with Gasteiger partial charge in [-0.1, -0.05) is 288 Å². The van der Waals surface area contributed by atoms with Crippen molar-refractivity contribution < 1.29 is 50.0 Å². The summed E-state index contributed by atoms with van der Waals surface area (Å²) in [6.07, 6.45) is 60.7. The van der Waals surface area contributed by atoms with E-state index >= 15 is 0 Å². The molecule has 1 fully saturated rings. The van der Waals surface area contributed by atoms with E-state index < -0.39 is 74.2 Å². The molecule has 1 aliphatic rings. The minimum Gasteiger partial charge on any atom is -0.394 e. The van der Waals surface area contributed by atoms with E-state index in [1.807, 2.05) is 0 Å². The Hall–Kier alpha value is -1.67. The van der Waals surface area contributed by atoms with Crippen molar-refractivity contribution in [3.8, 4) is 0 Å². The number of carbonyl (C=O) groups is 1. The zero-order valence-corrected chi connectivity index (χ0v) is 51.4. The molecule has 11 nitrogen and oxygen atoms in total. The molecule has 0 saturated carbocycles. The van der Waals surface area contributed by atoms with Crippen LogP contribution in [0.2, 0.25) is 0 Å². The zero-order valence-electron chi connectivity index (χ0n) is 51.4. The highest BCUT2D eigenvalue weighted by Crippen LogP contribution is 2.24. The second-order valence-electron chi connectivity index (χ2n) is 23.9. The number of unbranched alkanes of at least 4 members (excludes halogenated alkanes) is 41. The summed E-state index contributed by atoms with van der Waals surface area (Å²) < 4.78 is 11.2. The maximum absolute atomic E-state index is 13.2. The average molecular weight is 1120 g/mol. The van der Waals surface area contributed by atoms with Crippen LogP contribution in [0.15, 0.2) is 36.5 Å². The molecular formula is C68H129NO10. The Labute approximate surface area is 486 Å². The summed E-state index contributed by atoms with van der Waals surface area (Å²) in [6.45, 7) is 3.49. The maximum atomic E-state index is 13.2. The number of allylic oxidation sites excluding steroid dienone is 6. The van der Waals surface area contributed by atoms with E-state index in [0.717, 1.165) is 44.9 Å². The van der Waals surface area contributed by atoms with Gasteiger partial charge in [0.25, 0.3) is 0 Å². The summed E-state index contributed by atoms with van der Waals surface area (Å²) in [4.78, 5) is 13.2. The molecule has 8 N–H and O–H groups in total. The molecule has 0 aromatic carbocycles. The highest BCUT2D eigenvalue weighted by atomic mass is 16.7. The van der Waals surface area contributed by atoms with Gasteiger partial charge in [0.1, 0.15) is 36.6 Å². The van der Waals surface area contributed by atoms with Gasteiger partial charge in [-0.2, -0.15) is 0 Å². The van der Waals surface area contributed by atoms with Gasteiger partial charge in [-0.3, -0.25) is 4.79 Å². The first-order valence-corrected chi connectivity index (χ1v) is 33.9. The molecule has 9 atom stereocenters. The van der Waals surface area contributed by atoms with Gasteiger partial charge >= 0.3 is 0 Å². The summed E-state index contributed by atoms with van der Waals surface area (Å²) in [7, 11) is 0. The minimum atomic E-state index is -1.67. The molecule has 0 bridgehead atoms. The van der Waals surface area contributed by atoms with Crippen LogP contribution in [0.1, 0.15) is 322 Å². The molecule has 0 aromatic heterocycles. The van der Waals surface area contributed by atoms with Gasteiger partial charge in [0.05, 0.1) is 25.4 Å². The second-order valence-corrected chi connectivity index (χ2v) is 23.9. The van der Waals surface area contributed by atoms with Crippen LogP contribution < -0.4 is 5.32 Å². The molecule has 0 aromatic rings. The van der Waals surface area contributed by atoms with Crippen molar-refractivity contribution in [2.45, 2.75) is 377 Å². The molecule has 1 saturated heterocycles. The van der Waals surface area contributed by atoms with Crippen molar-refractivity contribution >= 4 is 5.91 Å². The quantitative estimate of drug-likeness (QED) is 0.0215. The molecule has 11 heteroatoms. The van der Waals surface area contributed by atoms with Crippen molar-refractivity contribution in [3.63, 3.8) is 0 Å². The van der Waals surface area contributed by atoms with E-state index in [1.165, 1.54) is 238 Å². The molecule has 1 amide bonds. The van der Waals surface area contributed by atoms with Crippen LogP contribution in [0.3, 0.4) is 0 Å². The van der Waals surface area contributed by atoms with E-state index in [9.17, 15) is 40.5 Å². The van der Waals surface area contributed by atoms with Gasteiger partial charge in [-0.15, -0.1) is 0 Å². The van der Waals surface area contributed by atoms with E-state index in [0.29, 0.717) is 12.8 Å². The normalized spacial score (nSPS) is 19.5. The lowest BCUT2D eigenvalue weighted by Crippen LogP contribution is -2.60. The van der Waals surface area contributed by atoms with Crippen molar-refractivity contribution in [2.75, 3.05) is 13.2 Å². The Bertz CT molecular complexity index is 1380. The molecule has 0 aliphatic carbocycles. The monoisotopic (exact) mass is 1120 g/mol. The lowest BCUT2D eigenvalue weighted by Gasteiger charge is -2.40. The largest absolute Gasteiger partial charge is 0.394 e. The van der Waals surface area contributed by atoms with Gasteiger partial charge in [-0.05, 0) is 70.6 Å². The number of hydrogen-bond donors (Lipinski definition) is 8. The molecule has 0 radical (unpaired) electrons. The fourth-order valence-electron chi connectivity index (χ4n) is 10.9. The number of aliphatic hydroxyl groups is 7. The molecule has 1 heterocycles. The van der Waals surface area contributed by atoms with E-state index in [4.69, 9.17) is 9.47 Å². The highest BCUT2D eigenvalue weighted by molar-refractivity contribution is 5.80. The van der Waals surface area contributed by atoms with Crippen LogP contribution in [0.4, 0.5) is 0 Å². The van der Waals surface area contributed by atoms with Gasteiger partial charge in [-0.25, -0.2) is 0 Å². The summed E-state index contributed by atoms with van der Waals surface area (Å²) in [5.74, 6) is -0.703. The van der Waals surface area contributed by atoms with E-state index in [2.05, 4.69) is 55.6 Å². The van der Waals surface area contributed by atoms with Gasteiger partial charge in [0.15, 0.2) is 6.29 Å². The van der Waals surface area contributed by atoms with Gasteiger partial charge in [0, 0.05) is 0 Å². The zero-order chi connectivity index (χ0) is 57.5. The standard InChI is InChI=1S/C68H129NO10/c1-3-5-7-9-11-13-15-17-19-21-23-25-27-29-30-31-32-34-36-38-40-42-44-46-48-50-52-54-56-61(72)67(77)69-59(58-78-68-66(76)65(75)64(74)62(57-70)79-68)63(73)60(71)55-53-51-49-47-45-43-41-39-37-35-33-28-26-24-22-20-18-16-14-12-10-8-6-4-2/h23,25,29-30,47,49,59-66,68,70-76H,3-22,24,26-28,31-46,48,50-58H2,1-2H3,(H,69,77)/b25-23-,30-29-,49-47+. The Kier molecular flexibility index (Phi) is 54.2. The van der Waals surface area contributed by atoms with E-state index in [1.54, 1.807) is 0 Å². The third-order valence-electron chi connectivity index (χ3n) is 16.4. The van der Waals surface area contributed by atoms with Crippen LogP contribution >= 0.6 is 0 Å². The number of hydrogen-bond acceptors (Lipinski definition) is 10. The van der Waals surface area contributed by atoms with Crippen molar-refractivity contribution in [2.24, 2.45) is 0 Å². The predicted octanol–water partition coefficient (Wildman–Crippen LogP) is 15.8. The number of aliphatic hydroxyl groups excluding tert-OH is 7. The highest BCUT2D eigenvalue weighted by Gasteiger charge is 2.44. The fourth-order valence-corrected chi connectivity index (χ4v) is 10.9. The first kappa shape index (κ1) is 75.3. The number of nitrogens with one attached hydrogen (secondary N) is 1. The molecule has 9 unspecified atom stereocenters. The third-order valence-corrected chi connectivity index (χ3v) is 16.4. The Morgan fingerprint density at radius 1 is 0.443 bits per heavy atom. The summed E-state index contributed by atoms with van der Waals surface area (Å²) in [5, 5.41) is 76.4.